The Labute approximate surface area is 140 Å². The molecular weight excluding hydrogens is 288 g/mol. The quantitative estimate of drug-likeness (QED) is 0.477. The van der Waals surface area contributed by atoms with Gasteiger partial charge < -0.3 is 9.47 Å². The third-order valence-corrected chi connectivity index (χ3v) is 4.59. The van der Waals surface area contributed by atoms with Gasteiger partial charge in [0.05, 0.1) is 6.61 Å². The molecule has 0 amide bonds. The van der Waals surface area contributed by atoms with Crippen LogP contribution in [0, 0.1) is 12.8 Å². The summed E-state index contributed by atoms with van der Waals surface area (Å²) in [5, 5.41) is 0. The number of rotatable bonds is 9. The van der Waals surface area contributed by atoms with Crippen LogP contribution in [-0.2, 0) is 4.74 Å². The average molecular weight is 318 g/mol. The summed E-state index contributed by atoms with van der Waals surface area (Å²) in [4.78, 5) is 12.6. The summed E-state index contributed by atoms with van der Waals surface area (Å²) in [6.45, 7) is 6.52. The SMILES string of the molecule is CCCCCCOc1ccc(C)c(C(=O)CC2CCOCC2)c1. The van der Waals surface area contributed by atoms with E-state index in [0.717, 1.165) is 56.0 Å². The molecule has 1 aliphatic rings. The van der Waals surface area contributed by atoms with E-state index in [1.165, 1.54) is 19.3 Å². The van der Waals surface area contributed by atoms with E-state index >= 15 is 0 Å². The van der Waals surface area contributed by atoms with Gasteiger partial charge in [0.15, 0.2) is 5.78 Å². The average Bonchev–Trinajstić information content (AvgIpc) is 2.57. The van der Waals surface area contributed by atoms with Gasteiger partial charge in [-0.05, 0) is 49.8 Å². The fraction of sp³-hybridized carbons (Fsp3) is 0.650. The molecule has 1 fully saturated rings. The molecule has 0 saturated carbocycles. The van der Waals surface area contributed by atoms with Gasteiger partial charge in [-0.15, -0.1) is 0 Å². The summed E-state index contributed by atoms with van der Waals surface area (Å²) in [7, 11) is 0. The van der Waals surface area contributed by atoms with E-state index in [-0.39, 0.29) is 5.78 Å². The number of benzene rings is 1. The summed E-state index contributed by atoms with van der Waals surface area (Å²) >= 11 is 0. The first-order chi connectivity index (χ1) is 11.2. The highest BCUT2D eigenvalue weighted by Crippen LogP contribution is 2.24. The summed E-state index contributed by atoms with van der Waals surface area (Å²) in [5.41, 5.74) is 1.86. The van der Waals surface area contributed by atoms with Crippen molar-refractivity contribution in [3.05, 3.63) is 29.3 Å². The van der Waals surface area contributed by atoms with Crippen molar-refractivity contribution in [1.82, 2.24) is 0 Å². The molecule has 0 aliphatic carbocycles. The lowest BCUT2D eigenvalue weighted by Crippen LogP contribution is -2.19. The van der Waals surface area contributed by atoms with Crippen LogP contribution >= 0.6 is 0 Å². The van der Waals surface area contributed by atoms with E-state index in [1.54, 1.807) is 0 Å². The highest BCUT2D eigenvalue weighted by molar-refractivity contribution is 5.97. The van der Waals surface area contributed by atoms with Crippen molar-refractivity contribution in [2.45, 2.75) is 58.8 Å². The number of carbonyl (C=O) groups is 1. The van der Waals surface area contributed by atoms with Crippen LogP contribution < -0.4 is 4.74 Å². The van der Waals surface area contributed by atoms with E-state index in [2.05, 4.69) is 6.92 Å². The molecule has 0 N–H and O–H groups in total. The molecule has 1 aliphatic heterocycles. The fourth-order valence-electron chi connectivity index (χ4n) is 3.03. The number of Topliss-reactive ketones (excluding diaryl/α,β-unsaturated/α-hetero) is 1. The molecule has 3 heteroatoms. The zero-order valence-corrected chi connectivity index (χ0v) is 14.6. The van der Waals surface area contributed by atoms with E-state index in [4.69, 9.17) is 9.47 Å². The topological polar surface area (TPSA) is 35.5 Å². The van der Waals surface area contributed by atoms with Gasteiger partial charge in [-0.25, -0.2) is 0 Å². The van der Waals surface area contributed by atoms with Crippen molar-refractivity contribution >= 4 is 5.78 Å². The molecule has 1 aromatic carbocycles. The summed E-state index contributed by atoms with van der Waals surface area (Å²) in [5.74, 6) is 1.53. The molecule has 128 valence electrons. The number of unbranched alkanes of at least 4 members (excludes halogenated alkanes) is 3. The van der Waals surface area contributed by atoms with Gasteiger partial charge in [0.2, 0.25) is 0 Å². The third kappa shape index (κ3) is 5.98. The monoisotopic (exact) mass is 318 g/mol. The predicted molar refractivity (Wildman–Crippen MR) is 93.3 cm³/mol. The second-order valence-electron chi connectivity index (χ2n) is 6.57. The maximum Gasteiger partial charge on any atom is 0.163 e. The maximum atomic E-state index is 12.6. The van der Waals surface area contributed by atoms with Crippen LogP contribution in [-0.4, -0.2) is 25.6 Å². The Balaban J connectivity index is 1.89. The van der Waals surface area contributed by atoms with Crippen LogP contribution in [0.25, 0.3) is 0 Å². The van der Waals surface area contributed by atoms with E-state index in [0.29, 0.717) is 12.3 Å². The minimum Gasteiger partial charge on any atom is -0.494 e. The number of carbonyl (C=O) groups excluding carboxylic acids is 1. The van der Waals surface area contributed by atoms with Crippen molar-refractivity contribution < 1.29 is 14.3 Å². The van der Waals surface area contributed by atoms with Gasteiger partial charge in [-0.1, -0.05) is 32.3 Å². The molecule has 1 aromatic rings. The third-order valence-electron chi connectivity index (χ3n) is 4.59. The standard InChI is InChI=1S/C20H30O3/c1-3-4-5-6-11-23-18-8-7-16(2)19(15-18)20(21)14-17-9-12-22-13-10-17/h7-8,15,17H,3-6,9-14H2,1-2H3. The van der Waals surface area contributed by atoms with Crippen LogP contribution in [0.2, 0.25) is 0 Å². The van der Waals surface area contributed by atoms with E-state index in [9.17, 15) is 4.79 Å². The smallest absolute Gasteiger partial charge is 0.163 e. The molecule has 0 radical (unpaired) electrons. The highest BCUT2D eigenvalue weighted by atomic mass is 16.5. The molecule has 0 spiro atoms. The molecule has 2 rings (SSSR count). The molecule has 0 bridgehead atoms. The van der Waals surface area contributed by atoms with E-state index < -0.39 is 0 Å². The Morgan fingerprint density at radius 3 is 2.74 bits per heavy atom. The molecular formula is C20H30O3. The van der Waals surface area contributed by atoms with Crippen molar-refractivity contribution in [3.63, 3.8) is 0 Å². The lowest BCUT2D eigenvalue weighted by molar-refractivity contribution is 0.0600. The molecule has 1 heterocycles. The number of hydrogen-bond acceptors (Lipinski definition) is 3. The molecule has 1 saturated heterocycles. The zero-order valence-electron chi connectivity index (χ0n) is 14.6. The van der Waals surface area contributed by atoms with Crippen molar-refractivity contribution in [2.24, 2.45) is 5.92 Å². The first kappa shape index (κ1) is 18.0. The van der Waals surface area contributed by atoms with Crippen LogP contribution in [0.15, 0.2) is 18.2 Å². The van der Waals surface area contributed by atoms with Gasteiger partial charge in [-0.3, -0.25) is 4.79 Å². The highest BCUT2D eigenvalue weighted by Gasteiger charge is 2.19. The van der Waals surface area contributed by atoms with Crippen LogP contribution in [0.4, 0.5) is 0 Å². The minimum atomic E-state index is 0.242. The first-order valence-electron chi connectivity index (χ1n) is 9.05. The Morgan fingerprint density at radius 1 is 1.22 bits per heavy atom. The van der Waals surface area contributed by atoms with Gasteiger partial charge in [0, 0.05) is 25.2 Å². The Hall–Kier alpha value is -1.35. The molecule has 0 aromatic heterocycles. The lowest BCUT2D eigenvalue weighted by atomic mass is 9.90. The number of ether oxygens (including phenoxy) is 2. The molecule has 23 heavy (non-hydrogen) atoms. The maximum absolute atomic E-state index is 12.6. The van der Waals surface area contributed by atoms with Crippen molar-refractivity contribution in [1.29, 1.82) is 0 Å². The van der Waals surface area contributed by atoms with Crippen molar-refractivity contribution in [3.8, 4) is 5.75 Å². The second-order valence-corrected chi connectivity index (χ2v) is 6.57. The van der Waals surface area contributed by atoms with Crippen LogP contribution in [0.5, 0.6) is 5.75 Å². The van der Waals surface area contributed by atoms with Crippen molar-refractivity contribution in [2.75, 3.05) is 19.8 Å². The van der Waals surface area contributed by atoms with Gasteiger partial charge in [-0.2, -0.15) is 0 Å². The Kier molecular flexibility index (Phi) is 7.60. The summed E-state index contributed by atoms with van der Waals surface area (Å²) in [6, 6.07) is 5.90. The first-order valence-corrected chi connectivity index (χ1v) is 9.05. The fourth-order valence-corrected chi connectivity index (χ4v) is 3.03. The van der Waals surface area contributed by atoms with E-state index in [1.807, 2.05) is 25.1 Å². The van der Waals surface area contributed by atoms with Gasteiger partial charge in [0.1, 0.15) is 5.75 Å². The number of hydrogen-bond donors (Lipinski definition) is 0. The van der Waals surface area contributed by atoms with Crippen LogP contribution in [0.3, 0.4) is 0 Å². The lowest BCUT2D eigenvalue weighted by Gasteiger charge is -2.21. The Morgan fingerprint density at radius 2 is 2.00 bits per heavy atom. The normalized spacial score (nSPS) is 15.6. The second kappa shape index (κ2) is 9.71. The number of aryl methyl sites for hydroxylation is 1. The molecule has 0 atom stereocenters. The van der Waals surface area contributed by atoms with Gasteiger partial charge in [0.25, 0.3) is 0 Å². The molecule has 0 unspecified atom stereocenters. The van der Waals surface area contributed by atoms with Gasteiger partial charge >= 0.3 is 0 Å². The largest absolute Gasteiger partial charge is 0.494 e. The predicted octanol–water partition coefficient (Wildman–Crippen LogP) is 4.95. The summed E-state index contributed by atoms with van der Waals surface area (Å²) < 4.78 is 11.2. The zero-order chi connectivity index (χ0) is 16.5. The summed E-state index contributed by atoms with van der Waals surface area (Å²) in [6.07, 6.45) is 7.40. The Bertz CT molecular complexity index is 490. The number of ketones is 1. The minimum absolute atomic E-state index is 0.242. The van der Waals surface area contributed by atoms with Crippen LogP contribution in [0.1, 0.15) is 67.8 Å². The molecule has 3 nitrogen and oxygen atoms in total.